The summed E-state index contributed by atoms with van der Waals surface area (Å²) >= 11 is 7.43. The lowest BCUT2D eigenvalue weighted by atomic mass is 9.95. The lowest BCUT2D eigenvalue weighted by Crippen LogP contribution is -2.43. The molecule has 2 saturated heterocycles. The molecule has 2 fully saturated rings. The van der Waals surface area contributed by atoms with Crippen LogP contribution in [-0.2, 0) is 5.75 Å². The highest BCUT2D eigenvalue weighted by Gasteiger charge is 2.45. The SMILES string of the molecule is Fc1c(Cl)ncc2c(SCc3ccccc3)nc(OCC34CCCN3CCC4)nc12. The standard InChI is InChI=1S/C22H22ClFN4OS/c23-19-17(24)18-16(12-25-19)20(30-13-15-6-2-1-3-7-15)27-21(26-18)29-14-22-8-4-10-28(22)11-5-9-22/h1-3,6-7,12H,4-5,8-11,13-14H2. The monoisotopic (exact) mass is 444 g/mol. The Labute approximate surface area is 184 Å². The second kappa shape index (κ2) is 8.29. The Hall–Kier alpha value is -1.96. The maximum Gasteiger partial charge on any atom is 0.318 e. The van der Waals surface area contributed by atoms with Crippen LogP contribution in [0.2, 0.25) is 5.15 Å². The quantitative estimate of drug-likeness (QED) is 0.299. The third-order valence-electron chi connectivity index (χ3n) is 6.09. The van der Waals surface area contributed by atoms with Crippen LogP contribution in [0.4, 0.5) is 4.39 Å². The molecule has 8 heteroatoms. The molecule has 0 radical (unpaired) electrons. The zero-order valence-electron chi connectivity index (χ0n) is 16.5. The van der Waals surface area contributed by atoms with Crippen LogP contribution in [0.5, 0.6) is 6.01 Å². The Morgan fingerprint density at radius 1 is 1.13 bits per heavy atom. The zero-order valence-corrected chi connectivity index (χ0v) is 18.1. The highest BCUT2D eigenvalue weighted by Crippen LogP contribution is 2.39. The molecule has 5 nitrogen and oxygen atoms in total. The van der Waals surface area contributed by atoms with Crippen molar-refractivity contribution in [1.29, 1.82) is 0 Å². The summed E-state index contributed by atoms with van der Waals surface area (Å²) in [6, 6.07) is 10.3. The molecule has 0 amide bonds. The summed E-state index contributed by atoms with van der Waals surface area (Å²) < 4.78 is 20.8. The van der Waals surface area contributed by atoms with Crippen LogP contribution in [0.15, 0.2) is 41.6 Å². The molecule has 5 rings (SSSR count). The van der Waals surface area contributed by atoms with Gasteiger partial charge in [-0.3, -0.25) is 4.90 Å². The van der Waals surface area contributed by atoms with Crippen molar-refractivity contribution in [3.8, 4) is 6.01 Å². The first-order valence-corrected chi connectivity index (χ1v) is 11.6. The van der Waals surface area contributed by atoms with Crippen LogP contribution in [0.25, 0.3) is 10.9 Å². The molecule has 30 heavy (non-hydrogen) atoms. The number of halogens is 2. The van der Waals surface area contributed by atoms with E-state index >= 15 is 0 Å². The minimum absolute atomic E-state index is 0.0735. The Balaban J connectivity index is 1.45. The summed E-state index contributed by atoms with van der Waals surface area (Å²) in [7, 11) is 0. The van der Waals surface area contributed by atoms with Crippen molar-refractivity contribution >= 4 is 34.3 Å². The maximum atomic E-state index is 14.7. The molecular weight excluding hydrogens is 423 g/mol. The van der Waals surface area contributed by atoms with Crippen LogP contribution in [0.1, 0.15) is 31.2 Å². The fraction of sp³-hybridized carbons (Fsp3) is 0.409. The number of thioether (sulfide) groups is 1. The molecule has 3 aromatic rings. The normalized spacial score (nSPS) is 18.1. The minimum Gasteiger partial charge on any atom is -0.461 e. The first-order chi connectivity index (χ1) is 14.6. The number of hydrogen-bond acceptors (Lipinski definition) is 6. The van der Waals surface area contributed by atoms with Gasteiger partial charge in [0.05, 0.1) is 10.9 Å². The van der Waals surface area contributed by atoms with Crippen LogP contribution in [-0.4, -0.2) is 45.1 Å². The summed E-state index contributed by atoms with van der Waals surface area (Å²) in [4.78, 5) is 15.4. The lowest BCUT2D eigenvalue weighted by molar-refractivity contribution is 0.107. The molecule has 0 spiro atoms. The first kappa shape index (κ1) is 20.0. The van der Waals surface area contributed by atoms with Crippen molar-refractivity contribution in [3.63, 3.8) is 0 Å². The number of nitrogens with zero attached hydrogens (tertiary/aromatic N) is 4. The molecule has 0 saturated carbocycles. The summed E-state index contributed by atoms with van der Waals surface area (Å²) in [5.74, 6) is 0.0680. The number of fused-ring (bicyclic) bond motifs is 2. The molecule has 2 aliphatic heterocycles. The predicted octanol–water partition coefficient (Wildman–Crippen LogP) is 5.12. The van der Waals surface area contributed by atoms with Crippen molar-refractivity contribution in [2.24, 2.45) is 0 Å². The third kappa shape index (κ3) is 3.74. The van der Waals surface area contributed by atoms with Crippen molar-refractivity contribution in [2.75, 3.05) is 19.7 Å². The molecule has 4 heterocycles. The number of pyridine rings is 1. The third-order valence-corrected chi connectivity index (χ3v) is 7.41. The molecule has 1 aromatic carbocycles. The first-order valence-electron chi connectivity index (χ1n) is 10.2. The largest absolute Gasteiger partial charge is 0.461 e. The number of benzene rings is 1. The van der Waals surface area contributed by atoms with E-state index in [-0.39, 0.29) is 22.2 Å². The van der Waals surface area contributed by atoms with Gasteiger partial charge < -0.3 is 4.74 Å². The minimum atomic E-state index is -0.635. The number of aromatic nitrogens is 3. The van der Waals surface area contributed by atoms with Crippen molar-refractivity contribution in [3.05, 3.63) is 53.1 Å². The highest BCUT2D eigenvalue weighted by atomic mass is 35.5. The van der Waals surface area contributed by atoms with Crippen molar-refractivity contribution < 1.29 is 9.13 Å². The van der Waals surface area contributed by atoms with Gasteiger partial charge in [-0.05, 0) is 44.3 Å². The molecule has 2 aliphatic rings. The van der Waals surface area contributed by atoms with Crippen molar-refractivity contribution in [1.82, 2.24) is 19.9 Å². The smallest absolute Gasteiger partial charge is 0.318 e. The molecular formula is C22H22ClFN4OS. The van der Waals surface area contributed by atoms with Gasteiger partial charge >= 0.3 is 6.01 Å². The molecule has 0 aliphatic carbocycles. The summed E-state index contributed by atoms with van der Waals surface area (Å²) in [6.45, 7) is 2.77. The second-order valence-electron chi connectivity index (χ2n) is 7.92. The van der Waals surface area contributed by atoms with Crippen LogP contribution in [0.3, 0.4) is 0 Å². The highest BCUT2D eigenvalue weighted by molar-refractivity contribution is 7.98. The Kier molecular flexibility index (Phi) is 5.52. The maximum absolute atomic E-state index is 14.7. The average molecular weight is 445 g/mol. The van der Waals surface area contributed by atoms with Gasteiger partial charge in [-0.2, -0.15) is 9.97 Å². The lowest BCUT2D eigenvalue weighted by Gasteiger charge is -2.31. The van der Waals surface area contributed by atoms with Gasteiger partial charge in [0.1, 0.15) is 17.1 Å². The summed E-state index contributed by atoms with van der Waals surface area (Å²) in [5.41, 5.74) is 1.39. The summed E-state index contributed by atoms with van der Waals surface area (Å²) in [5, 5.41) is 1.00. The van der Waals surface area contributed by atoms with E-state index in [1.807, 2.05) is 18.2 Å². The number of rotatable bonds is 6. The van der Waals surface area contributed by atoms with E-state index in [0.29, 0.717) is 22.8 Å². The average Bonchev–Trinajstić information content (AvgIpc) is 3.34. The Bertz CT molecular complexity index is 1060. The molecule has 0 bridgehead atoms. The van der Waals surface area contributed by atoms with E-state index < -0.39 is 5.82 Å². The Morgan fingerprint density at radius 3 is 2.67 bits per heavy atom. The molecule has 0 unspecified atom stereocenters. The zero-order chi connectivity index (χ0) is 20.6. The van der Waals surface area contributed by atoms with Crippen LogP contribution >= 0.6 is 23.4 Å². The molecule has 2 aromatic heterocycles. The van der Waals surface area contributed by atoms with Gasteiger partial charge in [0.15, 0.2) is 11.0 Å². The second-order valence-corrected chi connectivity index (χ2v) is 9.24. The fourth-order valence-corrected chi connectivity index (χ4v) is 5.63. The number of ether oxygens (including phenoxy) is 1. The van der Waals surface area contributed by atoms with E-state index in [0.717, 1.165) is 31.5 Å². The van der Waals surface area contributed by atoms with Gasteiger partial charge in [0.2, 0.25) is 0 Å². The van der Waals surface area contributed by atoms with Gasteiger partial charge in [0, 0.05) is 11.9 Å². The number of hydrogen-bond donors (Lipinski definition) is 0. The summed E-state index contributed by atoms with van der Waals surface area (Å²) in [6.07, 6.45) is 6.17. The fourth-order valence-electron chi connectivity index (χ4n) is 4.55. The topological polar surface area (TPSA) is 51.1 Å². The molecule has 0 atom stereocenters. The Morgan fingerprint density at radius 2 is 1.90 bits per heavy atom. The predicted molar refractivity (Wildman–Crippen MR) is 117 cm³/mol. The van der Waals surface area contributed by atoms with Crippen LogP contribution < -0.4 is 4.74 Å². The van der Waals surface area contributed by atoms with E-state index in [1.54, 1.807) is 0 Å². The van der Waals surface area contributed by atoms with E-state index in [1.165, 1.54) is 30.8 Å². The van der Waals surface area contributed by atoms with Crippen molar-refractivity contribution in [2.45, 2.75) is 42.0 Å². The van der Waals surface area contributed by atoms with E-state index in [4.69, 9.17) is 16.3 Å². The molecule has 0 N–H and O–H groups in total. The van der Waals surface area contributed by atoms with E-state index in [9.17, 15) is 4.39 Å². The molecule has 156 valence electrons. The van der Waals surface area contributed by atoms with Gasteiger partial charge in [0.25, 0.3) is 0 Å². The van der Waals surface area contributed by atoms with Gasteiger partial charge in [-0.25, -0.2) is 9.37 Å². The van der Waals surface area contributed by atoms with Crippen LogP contribution in [0, 0.1) is 5.82 Å². The van der Waals surface area contributed by atoms with Gasteiger partial charge in [-0.15, -0.1) is 11.8 Å². The van der Waals surface area contributed by atoms with Gasteiger partial charge in [-0.1, -0.05) is 41.9 Å². The van der Waals surface area contributed by atoms with E-state index in [2.05, 4.69) is 32.0 Å².